The zero-order valence-corrected chi connectivity index (χ0v) is 7.30. The van der Waals surface area contributed by atoms with Gasteiger partial charge in [-0.3, -0.25) is 10.1 Å². The van der Waals surface area contributed by atoms with Crippen molar-refractivity contribution >= 4 is 23.8 Å². The predicted molar refractivity (Wildman–Crippen MR) is 49.5 cm³/mol. The highest BCUT2D eigenvalue weighted by atomic mass is 35.5. The monoisotopic (exact) mass is 188 g/mol. The smallest absolute Gasteiger partial charge is 0.274 e. The first-order valence-corrected chi connectivity index (χ1v) is 3.12. The zero-order chi connectivity index (χ0) is 8.43. The lowest BCUT2D eigenvalue weighted by Crippen LogP contribution is -1.95. The van der Waals surface area contributed by atoms with Crippen LogP contribution in [0.2, 0.25) is 0 Å². The summed E-state index contributed by atoms with van der Waals surface area (Å²) in [5, 5.41) is 10.3. The van der Waals surface area contributed by atoms with Gasteiger partial charge in [-0.1, -0.05) is 6.07 Å². The molecule has 1 aromatic rings. The van der Waals surface area contributed by atoms with Crippen molar-refractivity contribution < 1.29 is 4.92 Å². The Kier molecular flexibility index (Phi) is 3.50. The Morgan fingerprint density at radius 1 is 1.50 bits per heavy atom. The Bertz CT molecular complexity index is 301. The minimum atomic E-state index is -0.439. The molecule has 0 aliphatic heterocycles. The largest absolute Gasteiger partial charge is 0.398 e. The Morgan fingerprint density at radius 2 is 2.08 bits per heavy atom. The van der Waals surface area contributed by atoms with Crippen LogP contribution in [0.25, 0.3) is 0 Å². The SMILES string of the molecule is Cc1c(N)cccc1[N+](=O)[O-].Cl. The summed E-state index contributed by atoms with van der Waals surface area (Å²) in [6.45, 7) is 1.63. The van der Waals surface area contributed by atoms with Gasteiger partial charge in [0.1, 0.15) is 0 Å². The molecule has 1 rings (SSSR count). The normalized spacial score (nSPS) is 8.75. The fourth-order valence-corrected chi connectivity index (χ4v) is 0.839. The molecule has 4 nitrogen and oxygen atoms in total. The first-order chi connectivity index (χ1) is 5.13. The van der Waals surface area contributed by atoms with Gasteiger partial charge in [0.25, 0.3) is 5.69 Å². The van der Waals surface area contributed by atoms with Crippen LogP contribution in [0.5, 0.6) is 0 Å². The number of nitrogens with zero attached hydrogens (tertiary/aromatic N) is 1. The molecular formula is C7H9ClN2O2. The maximum Gasteiger partial charge on any atom is 0.274 e. The van der Waals surface area contributed by atoms with Crippen molar-refractivity contribution in [2.75, 3.05) is 5.73 Å². The average molecular weight is 189 g/mol. The number of nitro benzene ring substituents is 1. The first kappa shape index (κ1) is 10.7. The van der Waals surface area contributed by atoms with E-state index in [1.807, 2.05) is 0 Å². The van der Waals surface area contributed by atoms with Crippen LogP contribution in [0.1, 0.15) is 5.56 Å². The Hall–Kier alpha value is -1.29. The minimum Gasteiger partial charge on any atom is -0.398 e. The van der Waals surface area contributed by atoms with E-state index in [2.05, 4.69) is 0 Å². The summed E-state index contributed by atoms with van der Waals surface area (Å²) < 4.78 is 0. The van der Waals surface area contributed by atoms with Crippen molar-refractivity contribution in [3.63, 3.8) is 0 Å². The fourth-order valence-electron chi connectivity index (χ4n) is 0.839. The second-order valence-electron chi connectivity index (χ2n) is 2.25. The van der Waals surface area contributed by atoms with E-state index in [0.29, 0.717) is 11.3 Å². The molecule has 0 aliphatic rings. The molecule has 0 saturated carbocycles. The van der Waals surface area contributed by atoms with Crippen LogP contribution in [0, 0.1) is 17.0 Å². The van der Waals surface area contributed by atoms with Crippen LogP contribution in [0.3, 0.4) is 0 Å². The van der Waals surface area contributed by atoms with Crippen molar-refractivity contribution in [2.45, 2.75) is 6.92 Å². The van der Waals surface area contributed by atoms with Gasteiger partial charge in [-0.15, -0.1) is 12.4 Å². The summed E-state index contributed by atoms with van der Waals surface area (Å²) in [7, 11) is 0. The summed E-state index contributed by atoms with van der Waals surface area (Å²) in [5.41, 5.74) is 6.51. The van der Waals surface area contributed by atoms with Crippen LogP contribution >= 0.6 is 12.4 Å². The van der Waals surface area contributed by atoms with Crippen LogP contribution in [0.4, 0.5) is 11.4 Å². The summed E-state index contributed by atoms with van der Waals surface area (Å²) in [4.78, 5) is 9.89. The van der Waals surface area contributed by atoms with E-state index in [-0.39, 0.29) is 18.1 Å². The molecule has 0 bridgehead atoms. The molecule has 0 unspecified atom stereocenters. The topological polar surface area (TPSA) is 69.2 Å². The van der Waals surface area contributed by atoms with Gasteiger partial charge < -0.3 is 5.73 Å². The maximum absolute atomic E-state index is 10.3. The summed E-state index contributed by atoms with van der Waals surface area (Å²) in [5.74, 6) is 0. The van der Waals surface area contributed by atoms with E-state index in [1.54, 1.807) is 19.1 Å². The number of hydrogen-bond acceptors (Lipinski definition) is 3. The highest BCUT2D eigenvalue weighted by Crippen LogP contribution is 2.21. The van der Waals surface area contributed by atoms with Crippen molar-refractivity contribution in [1.29, 1.82) is 0 Å². The van der Waals surface area contributed by atoms with Gasteiger partial charge in [-0.25, -0.2) is 0 Å². The second kappa shape index (κ2) is 3.92. The molecular weight excluding hydrogens is 180 g/mol. The minimum absolute atomic E-state index is 0. The number of nitrogens with two attached hydrogens (primary N) is 1. The molecule has 0 aliphatic carbocycles. The molecule has 0 spiro atoms. The zero-order valence-electron chi connectivity index (χ0n) is 6.48. The van der Waals surface area contributed by atoms with Gasteiger partial charge in [0.2, 0.25) is 0 Å². The van der Waals surface area contributed by atoms with E-state index in [4.69, 9.17) is 5.73 Å². The van der Waals surface area contributed by atoms with Gasteiger partial charge in [0.15, 0.2) is 0 Å². The number of hydrogen-bond donors (Lipinski definition) is 1. The standard InChI is InChI=1S/C7H8N2O2.ClH/c1-5-6(8)3-2-4-7(5)9(10)11;/h2-4H,8H2,1H3;1H. The Balaban J connectivity index is 0.00000121. The van der Waals surface area contributed by atoms with Gasteiger partial charge >= 0.3 is 0 Å². The predicted octanol–water partition coefficient (Wildman–Crippen LogP) is 1.91. The second-order valence-corrected chi connectivity index (χ2v) is 2.25. The van der Waals surface area contributed by atoms with E-state index in [1.165, 1.54) is 6.07 Å². The molecule has 12 heavy (non-hydrogen) atoms. The summed E-state index contributed by atoms with van der Waals surface area (Å²) >= 11 is 0. The lowest BCUT2D eigenvalue weighted by Gasteiger charge is -1.98. The maximum atomic E-state index is 10.3. The van der Waals surface area contributed by atoms with E-state index >= 15 is 0 Å². The molecule has 0 atom stereocenters. The molecule has 1 aromatic carbocycles. The van der Waals surface area contributed by atoms with E-state index in [9.17, 15) is 10.1 Å². The Labute approximate surface area is 75.9 Å². The third kappa shape index (κ3) is 1.85. The quantitative estimate of drug-likeness (QED) is 0.416. The number of rotatable bonds is 1. The fraction of sp³-hybridized carbons (Fsp3) is 0.143. The lowest BCUT2D eigenvalue weighted by molar-refractivity contribution is -0.385. The molecule has 0 amide bonds. The van der Waals surface area contributed by atoms with Gasteiger partial charge in [-0.2, -0.15) is 0 Å². The van der Waals surface area contributed by atoms with Gasteiger partial charge in [0, 0.05) is 17.3 Å². The molecule has 0 aromatic heterocycles. The molecule has 0 saturated heterocycles. The number of anilines is 1. The van der Waals surface area contributed by atoms with E-state index < -0.39 is 4.92 Å². The van der Waals surface area contributed by atoms with Gasteiger partial charge in [0.05, 0.1) is 4.92 Å². The number of nitro groups is 1. The molecule has 0 heterocycles. The first-order valence-electron chi connectivity index (χ1n) is 3.12. The third-order valence-electron chi connectivity index (χ3n) is 1.54. The van der Waals surface area contributed by atoms with Crippen LogP contribution < -0.4 is 5.73 Å². The highest BCUT2D eigenvalue weighted by Gasteiger charge is 2.10. The third-order valence-corrected chi connectivity index (χ3v) is 1.54. The van der Waals surface area contributed by atoms with E-state index in [0.717, 1.165) is 0 Å². The van der Waals surface area contributed by atoms with Crippen molar-refractivity contribution in [3.8, 4) is 0 Å². The Morgan fingerprint density at radius 3 is 2.50 bits per heavy atom. The molecule has 5 heteroatoms. The van der Waals surface area contributed by atoms with Crippen LogP contribution in [-0.4, -0.2) is 4.92 Å². The van der Waals surface area contributed by atoms with Crippen molar-refractivity contribution in [3.05, 3.63) is 33.9 Å². The van der Waals surface area contributed by atoms with Crippen LogP contribution in [0.15, 0.2) is 18.2 Å². The highest BCUT2D eigenvalue weighted by molar-refractivity contribution is 5.85. The lowest BCUT2D eigenvalue weighted by atomic mass is 10.2. The molecule has 2 N–H and O–H groups in total. The van der Waals surface area contributed by atoms with Crippen molar-refractivity contribution in [2.24, 2.45) is 0 Å². The molecule has 0 radical (unpaired) electrons. The molecule has 0 fully saturated rings. The average Bonchev–Trinajstić information content (AvgIpc) is 1.94. The van der Waals surface area contributed by atoms with Crippen LogP contribution in [-0.2, 0) is 0 Å². The number of benzene rings is 1. The number of nitrogen functional groups attached to an aromatic ring is 1. The summed E-state index contributed by atoms with van der Waals surface area (Å²) in [6, 6.07) is 4.65. The number of halogens is 1. The van der Waals surface area contributed by atoms with Crippen molar-refractivity contribution in [1.82, 2.24) is 0 Å². The summed E-state index contributed by atoms with van der Waals surface area (Å²) in [6.07, 6.45) is 0. The van der Waals surface area contributed by atoms with Gasteiger partial charge in [-0.05, 0) is 13.0 Å². The molecule has 66 valence electrons.